The van der Waals surface area contributed by atoms with Crippen molar-refractivity contribution < 1.29 is 9.47 Å². The van der Waals surface area contributed by atoms with E-state index in [1.165, 1.54) is 19.3 Å². The number of pyridine rings is 1. The molecule has 170 valence electrons. The van der Waals surface area contributed by atoms with Gasteiger partial charge in [-0.15, -0.1) is 24.0 Å². The van der Waals surface area contributed by atoms with Crippen molar-refractivity contribution in [2.24, 2.45) is 10.4 Å². The van der Waals surface area contributed by atoms with E-state index in [2.05, 4.69) is 51.5 Å². The fourth-order valence-corrected chi connectivity index (χ4v) is 4.26. The van der Waals surface area contributed by atoms with Crippen molar-refractivity contribution >= 4 is 35.8 Å². The SMILES string of the molecule is CN=C(NCc1ccc(N2CC(C)OC(C)C2)nc1)NCC1(CCOC)CCC1.I. The van der Waals surface area contributed by atoms with Gasteiger partial charge in [-0.25, -0.2) is 4.98 Å². The summed E-state index contributed by atoms with van der Waals surface area (Å²) in [6, 6.07) is 4.24. The van der Waals surface area contributed by atoms with Crippen molar-refractivity contribution in [1.82, 2.24) is 15.6 Å². The molecule has 1 aromatic heterocycles. The molecular weight excluding hydrogens is 493 g/mol. The number of aromatic nitrogens is 1. The number of nitrogens with one attached hydrogen (secondary N) is 2. The Labute approximate surface area is 198 Å². The zero-order chi connectivity index (χ0) is 20.7. The smallest absolute Gasteiger partial charge is 0.191 e. The fraction of sp³-hybridized carbons (Fsp3) is 0.727. The maximum Gasteiger partial charge on any atom is 0.191 e. The molecule has 1 aliphatic heterocycles. The van der Waals surface area contributed by atoms with Gasteiger partial charge in [-0.05, 0) is 50.2 Å². The van der Waals surface area contributed by atoms with Gasteiger partial charge in [-0.2, -0.15) is 0 Å². The molecule has 2 aliphatic rings. The van der Waals surface area contributed by atoms with Gasteiger partial charge in [0, 0.05) is 53.1 Å². The van der Waals surface area contributed by atoms with Crippen LogP contribution >= 0.6 is 24.0 Å². The number of aliphatic imine (C=N–C) groups is 1. The highest BCUT2D eigenvalue weighted by Crippen LogP contribution is 2.43. The van der Waals surface area contributed by atoms with Crippen molar-refractivity contribution in [2.75, 3.05) is 45.3 Å². The summed E-state index contributed by atoms with van der Waals surface area (Å²) >= 11 is 0. The summed E-state index contributed by atoms with van der Waals surface area (Å²) < 4.78 is 11.1. The molecule has 0 bridgehead atoms. The predicted octanol–water partition coefficient (Wildman–Crippen LogP) is 3.19. The number of hydrogen-bond donors (Lipinski definition) is 2. The Bertz CT molecular complexity index is 656. The number of ether oxygens (including phenoxy) is 2. The first-order valence-electron chi connectivity index (χ1n) is 10.8. The predicted molar refractivity (Wildman–Crippen MR) is 133 cm³/mol. The van der Waals surface area contributed by atoms with E-state index in [-0.39, 0.29) is 36.2 Å². The van der Waals surface area contributed by atoms with E-state index in [0.717, 1.165) is 50.0 Å². The summed E-state index contributed by atoms with van der Waals surface area (Å²) in [7, 11) is 3.60. The topological polar surface area (TPSA) is 71.0 Å². The molecule has 3 rings (SSSR count). The summed E-state index contributed by atoms with van der Waals surface area (Å²) in [5, 5.41) is 6.91. The van der Waals surface area contributed by atoms with Gasteiger partial charge in [0.1, 0.15) is 5.82 Å². The molecule has 1 aliphatic carbocycles. The number of halogens is 1. The average molecular weight is 531 g/mol. The van der Waals surface area contributed by atoms with Crippen molar-refractivity contribution in [1.29, 1.82) is 0 Å². The molecule has 2 atom stereocenters. The van der Waals surface area contributed by atoms with Gasteiger partial charge in [0.2, 0.25) is 0 Å². The van der Waals surface area contributed by atoms with Gasteiger partial charge in [0.05, 0.1) is 12.2 Å². The van der Waals surface area contributed by atoms with Gasteiger partial charge < -0.3 is 25.0 Å². The quantitative estimate of drug-likeness (QED) is 0.305. The second kappa shape index (κ2) is 12.0. The van der Waals surface area contributed by atoms with Gasteiger partial charge in [-0.1, -0.05) is 12.5 Å². The van der Waals surface area contributed by atoms with E-state index in [1.54, 1.807) is 7.11 Å². The molecule has 7 nitrogen and oxygen atoms in total. The second-order valence-corrected chi connectivity index (χ2v) is 8.56. The number of hydrogen-bond acceptors (Lipinski definition) is 5. The third-order valence-electron chi connectivity index (χ3n) is 6.12. The molecule has 0 amide bonds. The highest BCUT2D eigenvalue weighted by Gasteiger charge is 2.36. The zero-order valence-corrected chi connectivity index (χ0v) is 21.1. The molecule has 0 radical (unpaired) electrons. The number of nitrogens with zero attached hydrogens (tertiary/aromatic N) is 3. The van der Waals surface area contributed by atoms with Crippen LogP contribution in [0.15, 0.2) is 23.3 Å². The summed E-state index contributed by atoms with van der Waals surface area (Å²) in [6.45, 7) is 8.47. The number of morpholine rings is 1. The Kier molecular flexibility index (Phi) is 10.1. The summed E-state index contributed by atoms with van der Waals surface area (Å²) in [4.78, 5) is 11.3. The Morgan fingerprint density at radius 2 is 2.00 bits per heavy atom. The van der Waals surface area contributed by atoms with Crippen molar-refractivity contribution in [2.45, 2.75) is 58.3 Å². The summed E-state index contributed by atoms with van der Waals surface area (Å²) in [6.07, 6.45) is 7.38. The lowest BCUT2D eigenvalue weighted by atomic mass is 9.67. The zero-order valence-electron chi connectivity index (χ0n) is 18.8. The van der Waals surface area contributed by atoms with Crippen LogP contribution in [0.3, 0.4) is 0 Å². The van der Waals surface area contributed by atoms with Crippen LogP contribution in [-0.2, 0) is 16.0 Å². The average Bonchev–Trinajstić information content (AvgIpc) is 2.68. The largest absolute Gasteiger partial charge is 0.385 e. The first kappa shape index (κ1) is 25.1. The van der Waals surface area contributed by atoms with Crippen LogP contribution in [-0.4, -0.2) is 63.6 Å². The lowest BCUT2D eigenvalue weighted by Gasteiger charge is -2.42. The maximum absolute atomic E-state index is 5.81. The molecule has 2 heterocycles. The molecule has 1 aromatic rings. The third-order valence-corrected chi connectivity index (χ3v) is 6.12. The monoisotopic (exact) mass is 531 g/mol. The number of anilines is 1. The molecule has 1 saturated heterocycles. The third kappa shape index (κ3) is 6.95. The molecule has 2 N–H and O–H groups in total. The van der Waals surface area contributed by atoms with Crippen LogP contribution in [0.5, 0.6) is 0 Å². The van der Waals surface area contributed by atoms with E-state index >= 15 is 0 Å². The van der Waals surface area contributed by atoms with Gasteiger partial charge in [0.25, 0.3) is 0 Å². The first-order valence-corrected chi connectivity index (χ1v) is 10.8. The molecule has 8 heteroatoms. The number of guanidine groups is 1. The van der Waals surface area contributed by atoms with Crippen molar-refractivity contribution in [3.8, 4) is 0 Å². The molecule has 30 heavy (non-hydrogen) atoms. The van der Waals surface area contributed by atoms with E-state index in [4.69, 9.17) is 9.47 Å². The Morgan fingerprint density at radius 3 is 2.53 bits per heavy atom. The maximum atomic E-state index is 5.81. The minimum absolute atomic E-state index is 0. The van der Waals surface area contributed by atoms with E-state index in [0.29, 0.717) is 12.0 Å². The van der Waals surface area contributed by atoms with E-state index in [9.17, 15) is 0 Å². The van der Waals surface area contributed by atoms with Crippen LogP contribution in [0.2, 0.25) is 0 Å². The molecule has 2 fully saturated rings. The molecule has 2 unspecified atom stereocenters. The highest BCUT2D eigenvalue weighted by atomic mass is 127. The van der Waals surface area contributed by atoms with E-state index < -0.39 is 0 Å². The molecule has 1 saturated carbocycles. The van der Waals surface area contributed by atoms with Crippen LogP contribution in [0.25, 0.3) is 0 Å². The lowest BCUT2D eigenvalue weighted by Crippen LogP contribution is -2.46. The molecule has 0 aromatic carbocycles. The van der Waals surface area contributed by atoms with Gasteiger partial charge >= 0.3 is 0 Å². The highest BCUT2D eigenvalue weighted by molar-refractivity contribution is 14.0. The first-order chi connectivity index (χ1) is 14.0. The Hall–Kier alpha value is -1.13. The van der Waals surface area contributed by atoms with E-state index in [1.807, 2.05) is 13.2 Å². The summed E-state index contributed by atoms with van der Waals surface area (Å²) in [5.74, 6) is 1.86. The minimum atomic E-state index is 0. The summed E-state index contributed by atoms with van der Waals surface area (Å²) in [5.41, 5.74) is 1.51. The van der Waals surface area contributed by atoms with Gasteiger partial charge in [-0.3, -0.25) is 4.99 Å². The van der Waals surface area contributed by atoms with Crippen molar-refractivity contribution in [3.05, 3.63) is 23.9 Å². The van der Waals surface area contributed by atoms with Crippen molar-refractivity contribution in [3.63, 3.8) is 0 Å². The normalized spacial score (nSPS) is 23.3. The Balaban J connectivity index is 0.00000320. The lowest BCUT2D eigenvalue weighted by molar-refractivity contribution is -0.00545. The van der Waals surface area contributed by atoms with Crippen LogP contribution in [0, 0.1) is 5.41 Å². The Morgan fingerprint density at radius 1 is 1.27 bits per heavy atom. The van der Waals surface area contributed by atoms with Gasteiger partial charge in [0.15, 0.2) is 5.96 Å². The van der Waals surface area contributed by atoms with Crippen LogP contribution < -0.4 is 15.5 Å². The molecular formula is C22H38IN5O2. The van der Waals surface area contributed by atoms with Crippen LogP contribution in [0.1, 0.15) is 45.1 Å². The molecule has 0 spiro atoms. The second-order valence-electron chi connectivity index (χ2n) is 8.56. The number of methoxy groups -OCH3 is 1. The fourth-order valence-electron chi connectivity index (χ4n) is 4.26. The number of rotatable bonds is 8. The minimum Gasteiger partial charge on any atom is -0.385 e. The standard InChI is InChI=1S/C22H37N5O2.HI/c1-17-14-27(15-18(2)29-17)20-7-6-19(12-24-20)13-25-21(23-3)26-16-22(8-5-9-22)10-11-28-4;/h6-7,12,17-18H,5,8-11,13-16H2,1-4H3,(H2,23,25,26);1H. The van der Waals surface area contributed by atoms with Crippen LogP contribution in [0.4, 0.5) is 5.82 Å².